The fraction of sp³-hybridized carbons (Fsp3) is 0.167. The number of nitrogens with one attached hydrogen (secondary N) is 1. The van der Waals surface area contributed by atoms with Crippen molar-refractivity contribution < 1.29 is 18.5 Å². The first-order valence-electron chi connectivity index (χ1n) is 5.83. The van der Waals surface area contributed by atoms with E-state index in [1.807, 2.05) is 0 Å². The van der Waals surface area contributed by atoms with Crippen molar-refractivity contribution in [2.75, 3.05) is 5.32 Å². The predicted molar refractivity (Wildman–Crippen MR) is 68.6 cm³/mol. The first kappa shape index (κ1) is 14.6. The quantitative estimate of drug-likeness (QED) is 0.692. The number of aromatic nitrogens is 2. The molecule has 2 rings (SSSR count). The molecule has 9 heteroatoms. The molecule has 2 aromatic rings. The van der Waals surface area contributed by atoms with Crippen LogP contribution in [0.15, 0.2) is 30.6 Å². The third-order valence-corrected chi connectivity index (χ3v) is 2.76. The van der Waals surface area contributed by atoms with Crippen LogP contribution in [0, 0.1) is 21.7 Å². The fourth-order valence-electron chi connectivity index (χ4n) is 1.58. The van der Waals surface area contributed by atoms with Gasteiger partial charge < -0.3 is 5.32 Å². The van der Waals surface area contributed by atoms with Gasteiger partial charge in [0, 0.05) is 6.07 Å². The smallest absolute Gasteiger partial charge is 0.307 e. The first-order valence-corrected chi connectivity index (χ1v) is 5.83. The van der Waals surface area contributed by atoms with Crippen molar-refractivity contribution >= 4 is 17.3 Å². The van der Waals surface area contributed by atoms with Gasteiger partial charge in [-0.05, 0) is 19.1 Å². The Bertz CT molecular complexity index is 702. The van der Waals surface area contributed by atoms with E-state index in [1.54, 1.807) is 0 Å². The summed E-state index contributed by atoms with van der Waals surface area (Å²) in [7, 11) is 0. The number of halogens is 2. The zero-order chi connectivity index (χ0) is 15.6. The molecule has 0 aliphatic heterocycles. The molecule has 1 aromatic heterocycles. The van der Waals surface area contributed by atoms with Gasteiger partial charge in [-0.25, -0.2) is 8.78 Å². The van der Waals surface area contributed by atoms with Crippen LogP contribution in [-0.2, 0) is 4.79 Å². The molecular formula is C12H10F2N4O3. The van der Waals surface area contributed by atoms with Gasteiger partial charge in [0.25, 0.3) is 0 Å². The highest BCUT2D eigenvalue weighted by Gasteiger charge is 2.20. The van der Waals surface area contributed by atoms with Gasteiger partial charge in [-0.2, -0.15) is 5.10 Å². The minimum atomic E-state index is -0.915. The first-order chi connectivity index (χ1) is 9.88. The second kappa shape index (κ2) is 5.65. The molecule has 110 valence electrons. The molecule has 1 unspecified atom stereocenters. The summed E-state index contributed by atoms with van der Waals surface area (Å²) in [5.74, 6) is -2.32. The second-order valence-electron chi connectivity index (χ2n) is 4.23. The van der Waals surface area contributed by atoms with Crippen LogP contribution in [0.25, 0.3) is 0 Å². The minimum Gasteiger partial charge on any atom is -0.322 e. The highest BCUT2D eigenvalue weighted by Crippen LogP contribution is 2.18. The summed E-state index contributed by atoms with van der Waals surface area (Å²) in [5, 5.41) is 16.5. The molecule has 0 spiro atoms. The van der Waals surface area contributed by atoms with E-state index in [0.29, 0.717) is 6.07 Å². The van der Waals surface area contributed by atoms with Crippen molar-refractivity contribution in [3.8, 4) is 0 Å². The normalized spacial score (nSPS) is 12.0. The van der Waals surface area contributed by atoms with Crippen LogP contribution in [0.5, 0.6) is 0 Å². The maximum absolute atomic E-state index is 13.4. The Hall–Kier alpha value is -2.84. The van der Waals surface area contributed by atoms with E-state index >= 15 is 0 Å². The molecule has 0 saturated carbocycles. The third kappa shape index (κ3) is 3.19. The lowest BCUT2D eigenvalue weighted by molar-refractivity contribution is -0.385. The maximum Gasteiger partial charge on any atom is 0.307 e. The highest BCUT2D eigenvalue weighted by molar-refractivity contribution is 5.93. The minimum absolute atomic E-state index is 0.185. The molecule has 0 radical (unpaired) electrons. The van der Waals surface area contributed by atoms with E-state index in [0.717, 1.165) is 29.2 Å². The zero-order valence-corrected chi connectivity index (χ0v) is 10.8. The number of benzene rings is 1. The van der Waals surface area contributed by atoms with Gasteiger partial charge >= 0.3 is 5.69 Å². The van der Waals surface area contributed by atoms with Crippen LogP contribution in [0.3, 0.4) is 0 Å². The van der Waals surface area contributed by atoms with Gasteiger partial charge in [0.1, 0.15) is 30.1 Å². The molecule has 7 nitrogen and oxygen atoms in total. The predicted octanol–water partition coefficient (Wildman–Crippen LogP) is 2.27. The van der Waals surface area contributed by atoms with Gasteiger partial charge in [-0.15, -0.1) is 0 Å². The van der Waals surface area contributed by atoms with Crippen LogP contribution in [0.4, 0.5) is 20.2 Å². The summed E-state index contributed by atoms with van der Waals surface area (Å²) in [4.78, 5) is 21.8. The lowest BCUT2D eigenvalue weighted by Gasteiger charge is -2.12. The van der Waals surface area contributed by atoms with Crippen molar-refractivity contribution in [2.45, 2.75) is 13.0 Å². The molecule has 1 aromatic carbocycles. The molecule has 1 N–H and O–H groups in total. The Labute approximate surface area is 117 Å². The summed E-state index contributed by atoms with van der Waals surface area (Å²) in [6.07, 6.45) is 2.09. The number of rotatable bonds is 4. The van der Waals surface area contributed by atoms with Crippen molar-refractivity contribution in [3.63, 3.8) is 0 Å². The van der Waals surface area contributed by atoms with Crippen LogP contribution < -0.4 is 5.32 Å². The molecule has 1 atom stereocenters. The Morgan fingerprint density at radius 3 is 2.76 bits per heavy atom. The number of carbonyl (C=O) groups excluding carboxylic acids is 1. The molecule has 0 aliphatic rings. The molecule has 1 heterocycles. The van der Waals surface area contributed by atoms with Gasteiger partial charge in [0.15, 0.2) is 0 Å². The van der Waals surface area contributed by atoms with E-state index in [4.69, 9.17) is 0 Å². The number of carbonyl (C=O) groups is 1. The number of nitrogens with zero attached hydrogens (tertiary/aromatic N) is 3. The summed E-state index contributed by atoms with van der Waals surface area (Å²) in [6.45, 7) is 1.44. The Balaban J connectivity index is 2.13. The topological polar surface area (TPSA) is 90.1 Å². The van der Waals surface area contributed by atoms with Gasteiger partial charge in [-0.1, -0.05) is 0 Å². The van der Waals surface area contributed by atoms with Crippen LogP contribution in [-0.4, -0.2) is 20.6 Å². The lowest BCUT2D eigenvalue weighted by atomic mass is 10.2. The average Bonchev–Trinajstić information content (AvgIpc) is 2.90. The molecule has 0 fully saturated rings. The Morgan fingerprint density at radius 1 is 1.48 bits per heavy atom. The number of amides is 1. The molecule has 0 bridgehead atoms. The second-order valence-corrected chi connectivity index (χ2v) is 4.23. The fourth-order valence-corrected chi connectivity index (χ4v) is 1.58. The molecule has 0 aliphatic carbocycles. The van der Waals surface area contributed by atoms with E-state index in [1.165, 1.54) is 6.92 Å². The van der Waals surface area contributed by atoms with Crippen molar-refractivity contribution in [1.29, 1.82) is 0 Å². The maximum atomic E-state index is 13.4. The van der Waals surface area contributed by atoms with Crippen LogP contribution >= 0.6 is 0 Å². The number of anilines is 1. The van der Waals surface area contributed by atoms with Crippen molar-refractivity contribution in [3.05, 3.63) is 52.3 Å². The third-order valence-electron chi connectivity index (χ3n) is 2.76. The molecule has 21 heavy (non-hydrogen) atoms. The number of nitro groups is 1. The van der Waals surface area contributed by atoms with Crippen LogP contribution in [0.1, 0.15) is 13.0 Å². The van der Waals surface area contributed by atoms with E-state index in [-0.39, 0.29) is 11.4 Å². The van der Waals surface area contributed by atoms with Crippen molar-refractivity contribution in [2.24, 2.45) is 0 Å². The summed E-state index contributed by atoms with van der Waals surface area (Å²) in [6, 6.07) is 1.82. The zero-order valence-electron chi connectivity index (χ0n) is 10.8. The Morgan fingerprint density at radius 2 is 2.19 bits per heavy atom. The van der Waals surface area contributed by atoms with Gasteiger partial charge in [0.2, 0.25) is 5.91 Å². The number of hydrogen-bond donors (Lipinski definition) is 1. The highest BCUT2D eigenvalue weighted by atomic mass is 19.1. The molecule has 0 saturated heterocycles. The summed E-state index contributed by atoms with van der Waals surface area (Å²) in [5.41, 5.74) is -0.447. The van der Waals surface area contributed by atoms with Gasteiger partial charge in [0.05, 0.1) is 10.6 Å². The Kier molecular flexibility index (Phi) is 3.92. The lowest BCUT2D eigenvalue weighted by Crippen LogP contribution is -2.24. The van der Waals surface area contributed by atoms with Crippen LogP contribution in [0.2, 0.25) is 0 Å². The SMILES string of the molecule is CC(C(=O)Nc1ccc(F)cc1F)n1cc([N+](=O)[O-])cn1. The largest absolute Gasteiger partial charge is 0.322 e. The summed E-state index contributed by atoms with van der Waals surface area (Å²) >= 11 is 0. The van der Waals surface area contributed by atoms with E-state index in [2.05, 4.69) is 10.4 Å². The van der Waals surface area contributed by atoms with Crippen molar-refractivity contribution in [1.82, 2.24) is 9.78 Å². The standard InChI is InChI=1S/C12H10F2N4O3/c1-7(17-6-9(5-15-17)18(20)21)12(19)16-11-3-2-8(13)4-10(11)14/h2-7H,1H3,(H,16,19). The number of hydrogen-bond acceptors (Lipinski definition) is 4. The average molecular weight is 296 g/mol. The van der Waals surface area contributed by atoms with E-state index < -0.39 is 28.5 Å². The summed E-state index contributed by atoms with van der Waals surface area (Å²) < 4.78 is 27.3. The monoisotopic (exact) mass is 296 g/mol. The van der Waals surface area contributed by atoms with E-state index in [9.17, 15) is 23.7 Å². The molecular weight excluding hydrogens is 286 g/mol. The molecule has 1 amide bonds. The van der Waals surface area contributed by atoms with Gasteiger partial charge in [-0.3, -0.25) is 19.6 Å².